The van der Waals surface area contributed by atoms with Gasteiger partial charge in [0.1, 0.15) is 5.82 Å². The number of fused-ring (bicyclic) bond motifs is 9. The zero-order valence-corrected chi connectivity index (χ0v) is 25.3. The topological polar surface area (TPSA) is 98.4 Å². The van der Waals surface area contributed by atoms with Gasteiger partial charge in [0.25, 0.3) is 0 Å². The van der Waals surface area contributed by atoms with Crippen LogP contribution in [0.3, 0.4) is 0 Å². The molecule has 0 radical (unpaired) electrons. The molecule has 2 aromatic heterocycles. The van der Waals surface area contributed by atoms with Gasteiger partial charge in [-0.3, -0.25) is 0 Å². The van der Waals surface area contributed by atoms with Gasteiger partial charge in [-0.25, -0.2) is 9.78 Å². The zero-order valence-electron chi connectivity index (χ0n) is 25.3. The van der Waals surface area contributed by atoms with E-state index in [1.54, 1.807) is 4.52 Å². The Morgan fingerprint density at radius 1 is 1.15 bits per heavy atom. The quantitative estimate of drug-likeness (QED) is 0.406. The number of anilines is 1. The number of piperidine rings is 1. The molecule has 9 nitrogen and oxygen atoms in total. The summed E-state index contributed by atoms with van der Waals surface area (Å²) in [7, 11) is 0. The summed E-state index contributed by atoms with van der Waals surface area (Å²) in [4.78, 5) is 19.7. The molecular weight excluding hydrogens is 520 g/mol. The van der Waals surface area contributed by atoms with E-state index in [4.69, 9.17) is 24.3 Å². The molecular formula is C32H44N4O5. The van der Waals surface area contributed by atoms with Gasteiger partial charge in [-0.05, 0) is 79.2 Å². The molecule has 4 bridgehead atoms. The van der Waals surface area contributed by atoms with E-state index in [1.165, 1.54) is 5.56 Å². The van der Waals surface area contributed by atoms with Crippen LogP contribution in [0, 0.1) is 13.8 Å². The van der Waals surface area contributed by atoms with Crippen LogP contribution in [0.25, 0.3) is 5.65 Å². The molecule has 1 aromatic carbocycles. The molecule has 5 heterocycles. The predicted molar refractivity (Wildman–Crippen MR) is 157 cm³/mol. The third kappa shape index (κ3) is 6.74. The second kappa shape index (κ2) is 11.7. The number of ether oxygens (including phenoxy) is 3. The maximum Gasteiger partial charge on any atom is 0.337 e. The average Bonchev–Trinajstić information content (AvgIpc) is 3.30. The fourth-order valence-corrected chi connectivity index (χ4v) is 5.83. The predicted octanol–water partition coefficient (Wildman–Crippen LogP) is 6.10. The van der Waals surface area contributed by atoms with Crippen molar-refractivity contribution in [3.8, 4) is 0 Å². The van der Waals surface area contributed by atoms with E-state index in [1.807, 2.05) is 33.8 Å². The summed E-state index contributed by atoms with van der Waals surface area (Å²) in [6, 6.07) is 10.5. The Morgan fingerprint density at radius 3 is 2.51 bits per heavy atom. The smallest absolute Gasteiger partial charge is 0.337 e. The molecule has 2 atom stereocenters. The number of carboxylic acid groups (broad SMARTS) is 1. The lowest BCUT2D eigenvalue weighted by atomic mass is 9.92. The van der Waals surface area contributed by atoms with Crippen molar-refractivity contribution >= 4 is 17.4 Å². The van der Waals surface area contributed by atoms with Gasteiger partial charge in [0.05, 0.1) is 35.2 Å². The molecule has 41 heavy (non-hydrogen) atoms. The molecule has 1 fully saturated rings. The van der Waals surface area contributed by atoms with Gasteiger partial charge in [0.2, 0.25) is 0 Å². The Hall–Kier alpha value is -3.01. The van der Waals surface area contributed by atoms with E-state index < -0.39 is 17.7 Å². The molecule has 0 spiro atoms. The largest absolute Gasteiger partial charge is 0.479 e. The van der Waals surface area contributed by atoms with Gasteiger partial charge < -0.3 is 24.2 Å². The van der Waals surface area contributed by atoms with E-state index in [2.05, 4.69) is 43.0 Å². The maximum atomic E-state index is 12.6. The zero-order chi connectivity index (χ0) is 29.4. The number of hydrogen-bond acceptors (Lipinski definition) is 7. The van der Waals surface area contributed by atoms with Crippen molar-refractivity contribution in [2.24, 2.45) is 0 Å². The standard InChI is InChI=1S/C32H44N4O5/c1-21-10-12-23(13-11-21)25-9-7-8-18-40-32(6)14-16-35(17-15-32)29-27(28(30(37)38)41-31(3,4)5)22(2)33-26-19-24(20-39-25)34-36(26)29/h10-13,19,25,28H,7-9,14-18,20H2,1-6H3,(H,37,38). The average molecular weight is 565 g/mol. The Balaban J connectivity index is 1.60. The Labute approximate surface area is 242 Å². The molecule has 1 saturated heterocycles. The molecule has 0 aliphatic carbocycles. The third-order valence-electron chi connectivity index (χ3n) is 8.13. The van der Waals surface area contributed by atoms with Crippen LogP contribution in [0.5, 0.6) is 0 Å². The molecule has 1 N–H and O–H groups in total. The van der Waals surface area contributed by atoms with Gasteiger partial charge in [-0.15, -0.1) is 0 Å². The number of hydrogen-bond donors (Lipinski definition) is 1. The number of aryl methyl sites for hydroxylation is 2. The Bertz CT molecular complexity index is 1370. The summed E-state index contributed by atoms with van der Waals surface area (Å²) in [5.41, 5.74) is 4.06. The molecule has 9 heteroatoms. The molecule has 3 aliphatic rings. The van der Waals surface area contributed by atoms with Crippen molar-refractivity contribution in [2.45, 2.75) is 104 Å². The van der Waals surface area contributed by atoms with Crippen LogP contribution in [0.4, 0.5) is 5.82 Å². The second-order valence-electron chi connectivity index (χ2n) is 12.8. The van der Waals surface area contributed by atoms with Crippen LogP contribution in [0.2, 0.25) is 0 Å². The van der Waals surface area contributed by atoms with Crippen molar-refractivity contribution in [1.82, 2.24) is 14.6 Å². The monoisotopic (exact) mass is 564 g/mol. The first-order chi connectivity index (χ1) is 19.4. The van der Waals surface area contributed by atoms with Crippen LogP contribution in [-0.2, 0) is 25.6 Å². The van der Waals surface area contributed by atoms with E-state index >= 15 is 0 Å². The fraction of sp³-hybridized carbons (Fsp3) is 0.594. The van der Waals surface area contributed by atoms with Crippen LogP contribution in [0.15, 0.2) is 30.3 Å². The van der Waals surface area contributed by atoms with Gasteiger partial charge in [-0.1, -0.05) is 29.8 Å². The number of benzene rings is 1. The summed E-state index contributed by atoms with van der Waals surface area (Å²) in [6.07, 6.45) is 3.27. The minimum atomic E-state index is -1.19. The molecule has 0 amide bonds. The lowest BCUT2D eigenvalue weighted by Gasteiger charge is -2.41. The minimum Gasteiger partial charge on any atom is -0.479 e. The summed E-state index contributed by atoms with van der Waals surface area (Å²) in [5, 5.41) is 15.3. The minimum absolute atomic E-state index is 0.0644. The molecule has 3 aromatic rings. The van der Waals surface area contributed by atoms with E-state index in [0.29, 0.717) is 43.2 Å². The lowest BCUT2D eigenvalue weighted by Crippen LogP contribution is -2.46. The summed E-state index contributed by atoms with van der Waals surface area (Å²) < 4.78 is 20.9. The molecule has 2 unspecified atom stereocenters. The first kappa shape index (κ1) is 29.5. The second-order valence-corrected chi connectivity index (χ2v) is 12.8. The highest BCUT2D eigenvalue weighted by molar-refractivity contribution is 5.78. The Kier molecular flexibility index (Phi) is 8.41. The maximum absolute atomic E-state index is 12.6. The normalized spacial score (nSPS) is 23.3. The van der Waals surface area contributed by atoms with Crippen LogP contribution in [0.1, 0.15) is 100 Å². The summed E-state index contributed by atoms with van der Waals surface area (Å²) in [5.74, 6) is -0.325. The summed E-state index contributed by atoms with van der Waals surface area (Å²) in [6.45, 7) is 14.2. The van der Waals surface area contributed by atoms with Gasteiger partial charge in [0.15, 0.2) is 11.8 Å². The Morgan fingerprint density at radius 2 is 1.85 bits per heavy atom. The van der Waals surface area contributed by atoms with Crippen LogP contribution in [-0.4, -0.2) is 56.6 Å². The van der Waals surface area contributed by atoms with Gasteiger partial charge in [-0.2, -0.15) is 9.61 Å². The van der Waals surface area contributed by atoms with Crippen molar-refractivity contribution in [3.63, 3.8) is 0 Å². The van der Waals surface area contributed by atoms with Crippen molar-refractivity contribution in [2.75, 3.05) is 24.6 Å². The first-order valence-corrected chi connectivity index (χ1v) is 14.8. The SMILES string of the molecule is Cc1ccc(C2CCCCOC3(C)CCN(CC3)c3c(C(OC(C)(C)C)C(=O)O)c(C)nc4cc(nn34)CO2)cc1. The third-order valence-corrected chi connectivity index (χ3v) is 8.13. The fourth-order valence-electron chi connectivity index (χ4n) is 5.83. The van der Waals surface area contributed by atoms with E-state index in [9.17, 15) is 9.90 Å². The number of nitrogens with zero attached hydrogens (tertiary/aromatic N) is 4. The number of aromatic nitrogens is 3. The highest BCUT2D eigenvalue weighted by atomic mass is 16.5. The van der Waals surface area contributed by atoms with Gasteiger partial charge in [0, 0.05) is 31.5 Å². The van der Waals surface area contributed by atoms with E-state index in [-0.39, 0.29) is 11.7 Å². The molecule has 6 rings (SSSR count). The first-order valence-electron chi connectivity index (χ1n) is 14.8. The highest BCUT2D eigenvalue weighted by Gasteiger charge is 2.37. The number of rotatable bonds is 4. The highest BCUT2D eigenvalue weighted by Crippen LogP contribution is 2.38. The molecule has 222 valence electrons. The van der Waals surface area contributed by atoms with Crippen molar-refractivity contribution in [1.29, 1.82) is 0 Å². The van der Waals surface area contributed by atoms with Crippen molar-refractivity contribution in [3.05, 3.63) is 58.4 Å². The number of carbonyl (C=O) groups is 1. The summed E-state index contributed by atoms with van der Waals surface area (Å²) >= 11 is 0. The lowest BCUT2D eigenvalue weighted by molar-refractivity contribution is -0.160. The number of aliphatic carboxylic acids is 1. The van der Waals surface area contributed by atoms with Crippen LogP contribution >= 0.6 is 0 Å². The van der Waals surface area contributed by atoms with Gasteiger partial charge >= 0.3 is 5.97 Å². The van der Waals surface area contributed by atoms with E-state index in [0.717, 1.165) is 49.2 Å². The number of carboxylic acids is 1. The van der Waals surface area contributed by atoms with Crippen LogP contribution < -0.4 is 4.90 Å². The molecule has 3 aliphatic heterocycles. The van der Waals surface area contributed by atoms with Crippen molar-refractivity contribution < 1.29 is 24.1 Å². The molecule has 0 saturated carbocycles.